The van der Waals surface area contributed by atoms with Gasteiger partial charge in [0.1, 0.15) is 10.8 Å². The lowest BCUT2D eigenvalue weighted by molar-refractivity contribution is 0.0954. The summed E-state index contributed by atoms with van der Waals surface area (Å²) in [7, 11) is 0. The molecule has 0 saturated heterocycles. The second-order valence-corrected chi connectivity index (χ2v) is 6.36. The molecule has 7 heteroatoms. The van der Waals surface area contributed by atoms with E-state index < -0.39 is 0 Å². The van der Waals surface area contributed by atoms with E-state index in [-0.39, 0.29) is 11.7 Å². The first kappa shape index (κ1) is 16.8. The summed E-state index contributed by atoms with van der Waals surface area (Å²) in [5, 5.41) is 14.4. The van der Waals surface area contributed by atoms with Gasteiger partial charge in [-0.15, -0.1) is 11.3 Å². The van der Waals surface area contributed by atoms with E-state index in [0.717, 1.165) is 21.1 Å². The largest absolute Gasteiger partial charge is 0.508 e. The highest BCUT2D eigenvalue weighted by molar-refractivity contribution is 7.17. The number of rotatable bonds is 4. The van der Waals surface area contributed by atoms with Crippen molar-refractivity contribution in [3.8, 4) is 16.3 Å². The zero-order valence-electron chi connectivity index (χ0n) is 13.7. The number of amides is 1. The third-order valence-electron chi connectivity index (χ3n) is 3.49. The van der Waals surface area contributed by atoms with E-state index in [2.05, 4.69) is 20.5 Å². The molecule has 0 fully saturated rings. The molecule has 2 heterocycles. The number of phenolic OH excluding ortho intramolecular Hbond substituents is 1. The fourth-order valence-corrected chi connectivity index (χ4v) is 3.22. The fraction of sp³-hybridized carbons (Fsp3) is 0.111. The summed E-state index contributed by atoms with van der Waals surface area (Å²) in [5.74, 6) is -0.0958. The van der Waals surface area contributed by atoms with Gasteiger partial charge in [0, 0.05) is 18.0 Å². The minimum Gasteiger partial charge on any atom is -0.508 e. The number of hydrogen-bond donors (Lipinski definition) is 2. The van der Waals surface area contributed by atoms with Gasteiger partial charge in [0.15, 0.2) is 0 Å². The highest BCUT2D eigenvalue weighted by atomic mass is 32.1. The van der Waals surface area contributed by atoms with Crippen LogP contribution in [-0.4, -0.2) is 26.7 Å². The normalized spacial score (nSPS) is 11.4. The molecule has 0 saturated carbocycles. The molecule has 3 rings (SSSR count). The minimum atomic E-state index is -0.312. The Morgan fingerprint density at radius 2 is 2.00 bits per heavy atom. The average molecular weight is 352 g/mol. The Balaban J connectivity index is 1.79. The molecule has 0 aliphatic heterocycles. The molecule has 3 aromatic rings. The van der Waals surface area contributed by atoms with E-state index in [1.165, 1.54) is 17.5 Å². The first-order valence-corrected chi connectivity index (χ1v) is 8.38. The molecule has 6 nitrogen and oxygen atoms in total. The van der Waals surface area contributed by atoms with Gasteiger partial charge >= 0.3 is 0 Å². The quantitative estimate of drug-likeness (QED) is 0.557. The van der Waals surface area contributed by atoms with Crippen LogP contribution in [0.2, 0.25) is 0 Å². The van der Waals surface area contributed by atoms with Gasteiger partial charge in [-0.1, -0.05) is 0 Å². The van der Waals surface area contributed by atoms with Crippen LogP contribution >= 0.6 is 11.3 Å². The highest BCUT2D eigenvalue weighted by Crippen LogP contribution is 2.29. The second-order valence-electron chi connectivity index (χ2n) is 5.36. The Kier molecular flexibility index (Phi) is 4.85. The summed E-state index contributed by atoms with van der Waals surface area (Å²) in [5.41, 5.74) is 5.42. The predicted molar refractivity (Wildman–Crippen MR) is 97.9 cm³/mol. The lowest BCUT2D eigenvalue weighted by Crippen LogP contribution is -2.19. The standard InChI is InChI=1S/C18H16N4O2S/c1-11-16(25-18(20-11)13-5-7-15(23)8-6-13)12(2)21-22-17(24)14-4-3-9-19-10-14/h3-10,23H,1-2H3,(H,22,24)/b21-12+. The molecular formula is C18H16N4O2S. The Bertz CT molecular complexity index is 918. The number of pyridine rings is 1. The average Bonchev–Trinajstić information content (AvgIpc) is 3.02. The molecule has 1 aromatic carbocycles. The monoisotopic (exact) mass is 352 g/mol. The third kappa shape index (κ3) is 3.89. The number of nitrogens with zero attached hydrogens (tertiary/aromatic N) is 3. The van der Waals surface area contributed by atoms with Crippen molar-refractivity contribution in [1.82, 2.24) is 15.4 Å². The van der Waals surface area contributed by atoms with E-state index in [4.69, 9.17) is 0 Å². The zero-order valence-corrected chi connectivity index (χ0v) is 14.5. The van der Waals surface area contributed by atoms with Crippen LogP contribution < -0.4 is 5.43 Å². The van der Waals surface area contributed by atoms with Crippen LogP contribution in [0.4, 0.5) is 0 Å². The van der Waals surface area contributed by atoms with Crippen molar-refractivity contribution in [2.45, 2.75) is 13.8 Å². The van der Waals surface area contributed by atoms with Crippen LogP contribution in [-0.2, 0) is 0 Å². The Morgan fingerprint density at radius 3 is 2.68 bits per heavy atom. The van der Waals surface area contributed by atoms with Crippen LogP contribution in [0.3, 0.4) is 0 Å². The van der Waals surface area contributed by atoms with Gasteiger partial charge < -0.3 is 5.11 Å². The number of carbonyl (C=O) groups is 1. The number of carbonyl (C=O) groups excluding carboxylic acids is 1. The highest BCUT2D eigenvalue weighted by Gasteiger charge is 2.12. The van der Waals surface area contributed by atoms with Crippen LogP contribution in [0.25, 0.3) is 10.6 Å². The summed E-state index contributed by atoms with van der Waals surface area (Å²) in [6.07, 6.45) is 3.10. The maximum Gasteiger partial charge on any atom is 0.272 e. The first-order chi connectivity index (χ1) is 12.0. The molecule has 0 unspecified atom stereocenters. The van der Waals surface area contributed by atoms with Crippen LogP contribution in [0, 0.1) is 6.92 Å². The number of aromatic nitrogens is 2. The smallest absolute Gasteiger partial charge is 0.272 e. The van der Waals surface area contributed by atoms with E-state index in [1.54, 1.807) is 30.5 Å². The second kappa shape index (κ2) is 7.23. The summed E-state index contributed by atoms with van der Waals surface area (Å²) in [6, 6.07) is 10.3. The molecule has 0 spiro atoms. The van der Waals surface area contributed by atoms with Crippen molar-refractivity contribution in [3.05, 3.63) is 64.9 Å². The van der Waals surface area contributed by atoms with Crippen molar-refractivity contribution in [2.75, 3.05) is 0 Å². The lowest BCUT2D eigenvalue weighted by atomic mass is 10.2. The van der Waals surface area contributed by atoms with Gasteiger partial charge in [-0.25, -0.2) is 10.4 Å². The molecule has 25 heavy (non-hydrogen) atoms. The molecule has 2 N–H and O–H groups in total. The summed E-state index contributed by atoms with van der Waals surface area (Å²) in [4.78, 5) is 21.4. The Labute approximate surface area is 148 Å². The Hall–Kier alpha value is -3.06. The van der Waals surface area contributed by atoms with Gasteiger partial charge in [-0.2, -0.15) is 5.10 Å². The number of hydrazone groups is 1. The fourth-order valence-electron chi connectivity index (χ4n) is 2.21. The molecule has 0 aliphatic rings. The predicted octanol–water partition coefficient (Wildman–Crippen LogP) is 3.37. The van der Waals surface area contributed by atoms with Crippen LogP contribution in [0.15, 0.2) is 53.9 Å². The number of nitrogens with one attached hydrogen (secondary N) is 1. The molecule has 0 bridgehead atoms. The number of benzene rings is 1. The summed E-state index contributed by atoms with van der Waals surface area (Å²) in [6.45, 7) is 3.72. The van der Waals surface area contributed by atoms with Crippen molar-refractivity contribution in [3.63, 3.8) is 0 Å². The van der Waals surface area contributed by atoms with Crippen molar-refractivity contribution in [2.24, 2.45) is 5.10 Å². The molecule has 0 atom stereocenters. The molecule has 0 aliphatic carbocycles. The first-order valence-electron chi connectivity index (χ1n) is 7.56. The van der Waals surface area contributed by atoms with E-state index >= 15 is 0 Å². The van der Waals surface area contributed by atoms with Crippen LogP contribution in [0.5, 0.6) is 5.75 Å². The molecule has 2 aromatic heterocycles. The van der Waals surface area contributed by atoms with Crippen molar-refractivity contribution < 1.29 is 9.90 Å². The van der Waals surface area contributed by atoms with Gasteiger partial charge in [0.05, 0.1) is 21.8 Å². The van der Waals surface area contributed by atoms with E-state index in [9.17, 15) is 9.90 Å². The minimum absolute atomic E-state index is 0.216. The molecule has 1 amide bonds. The molecular weight excluding hydrogens is 336 g/mol. The summed E-state index contributed by atoms with van der Waals surface area (Å²) >= 11 is 1.49. The van der Waals surface area contributed by atoms with Crippen LogP contribution in [0.1, 0.15) is 27.9 Å². The maximum atomic E-state index is 12.0. The van der Waals surface area contributed by atoms with Gasteiger partial charge in [0.25, 0.3) is 5.91 Å². The molecule has 126 valence electrons. The Morgan fingerprint density at radius 1 is 1.24 bits per heavy atom. The number of thiazole rings is 1. The zero-order chi connectivity index (χ0) is 17.8. The van der Waals surface area contributed by atoms with E-state index in [0.29, 0.717) is 11.3 Å². The third-order valence-corrected chi connectivity index (χ3v) is 4.80. The number of aromatic hydroxyl groups is 1. The maximum absolute atomic E-state index is 12.0. The number of hydrogen-bond acceptors (Lipinski definition) is 6. The number of aryl methyl sites for hydroxylation is 1. The van der Waals surface area contributed by atoms with Gasteiger partial charge in [0.2, 0.25) is 0 Å². The molecule has 0 radical (unpaired) electrons. The van der Waals surface area contributed by atoms with Gasteiger partial charge in [-0.3, -0.25) is 9.78 Å². The van der Waals surface area contributed by atoms with Crippen molar-refractivity contribution in [1.29, 1.82) is 0 Å². The van der Waals surface area contributed by atoms with Gasteiger partial charge in [-0.05, 0) is 50.2 Å². The lowest BCUT2D eigenvalue weighted by Gasteiger charge is -2.01. The van der Waals surface area contributed by atoms with E-state index in [1.807, 2.05) is 26.0 Å². The number of phenols is 1. The SMILES string of the molecule is C/C(=N\NC(=O)c1cccnc1)c1sc(-c2ccc(O)cc2)nc1C. The topological polar surface area (TPSA) is 87.5 Å². The summed E-state index contributed by atoms with van der Waals surface area (Å²) < 4.78 is 0. The van der Waals surface area contributed by atoms with Crippen molar-refractivity contribution >= 4 is 23.0 Å².